The third-order valence-electron chi connectivity index (χ3n) is 5.17. The molecule has 0 aliphatic carbocycles. The molecule has 27 heavy (non-hydrogen) atoms. The van der Waals surface area contributed by atoms with Gasteiger partial charge in [-0.05, 0) is 24.6 Å². The fraction of sp³-hybridized carbons (Fsp3) is 0.318. The monoisotopic (exact) mass is 363 g/mol. The van der Waals surface area contributed by atoms with E-state index in [9.17, 15) is 4.79 Å². The quantitative estimate of drug-likeness (QED) is 0.694. The highest BCUT2D eigenvalue weighted by atomic mass is 16.3. The van der Waals surface area contributed by atoms with Gasteiger partial charge in [-0.3, -0.25) is 9.69 Å². The van der Waals surface area contributed by atoms with E-state index in [-0.39, 0.29) is 5.91 Å². The largest absolute Gasteiger partial charge is 0.448 e. The minimum atomic E-state index is 0.0997. The van der Waals surface area contributed by atoms with Gasteiger partial charge in [-0.1, -0.05) is 42.5 Å². The second-order valence-electron chi connectivity index (χ2n) is 6.86. The number of carbonyl (C=O) groups is 1. The summed E-state index contributed by atoms with van der Waals surface area (Å²) in [6.07, 6.45) is 6.02. The van der Waals surface area contributed by atoms with Gasteiger partial charge in [0.25, 0.3) is 5.91 Å². The van der Waals surface area contributed by atoms with Crippen LogP contribution in [0.2, 0.25) is 0 Å². The highest BCUT2D eigenvalue weighted by Gasteiger charge is 2.25. The van der Waals surface area contributed by atoms with Crippen molar-refractivity contribution < 1.29 is 9.21 Å². The lowest BCUT2D eigenvalue weighted by molar-refractivity contribution is 0.0640. The van der Waals surface area contributed by atoms with Crippen LogP contribution in [0.3, 0.4) is 0 Å². The van der Waals surface area contributed by atoms with E-state index in [4.69, 9.17) is 4.42 Å². The molecule has 1 fully saturated rings. The molecule has 140 valence electrons. The molecule has 3 heterocycles. The molecule has 4 rings (SSSR count). The third kappa shape index (κ3) is 3.69. The Morgan fingerprint density at radius 3 is 2.63 bits per heavy atom. The zero-order chi connectivity index (χ0) is 18.6. The van der Waals surface area contributed by atoms with E-state index >= 15 is 0 Å². The number of fused-ring (bicyclic) bond motifs is 1. The molecule has 1 aliphatic heterocycles. The number of hydrogen-bond donors (Lipinski definition) is 0. The van der Waals surface area contributed by atoms with Gasteiger partial charge in [-0.25, -0.2) is 0 Å². The molecule has 0 saturated carbocycles. The number of carbonyl (C=O) groups excluding carboxylic acids is 1. The second-order valence-corrected chi connectivity index (χ2v) is 6.86. The van der Waals surface area contributed by atoms with Crippen molar-refractivity contribution in [2.45, 2.75) is 13.5 Å². The van der Waals surface area contributed by atoms with Crippen LogP contribution in [0, 0.1) is 0 Å². The van der Waals surface area contributed by atoms with E-state index in [0.29, 0.717) is 0 Å². The standard InChI is InChI=1S/C22H25N3O2/c1-2-25-20(17-19-10-16-27-22(19)25)21(26)24-14-12-23(13-15-24)11-6-9-18-7-4-3-5-8-18/h3-10,16-17H,2,11-15H2,1H3/b9-6+. The molecule has 0 bridgehead atoms. The number of benzene rings is 1. The van der Waals surface area contributed by atoms with E-state index in [0.717, 1.165) is 56.1 Å². The Hall–Kier alpha value is -2.79. The molecule has 2 aromatic heterocycles. The first-order chi connectivity index (χ1) is 13.3. The van der Waals surface area contributed by atoms with Gasteiger partial charge in [0.1, 0.15) is 5.69 Å². The maximum absolute atomic E-state index is 13.0. The van der Waals surface area contributed by atoms with E-state index in [1.54, 1.807) is 6.26 Å². The molecular weight excluding hydrogens is 338 g/mol. The van der Waals surface area contributed by atoms with Crippen LogP contribution in [-0.4, -0.2) is 53.0 Å². The summed E-state index contributed by atoms with van der Waals surface area (Å²) in [5.74, 6) is 0.0997. The molecule has 5 nitrogen and oxygen atoms in total. The number of piperazine rings is 1. The fourth-order valence-electron chi connectivity index (χ4n) is 3.66. The molecular formula is C22H25N3O2. The van der Waals surface area contributed by atoms with Gasteiger partial charge in [-0.2, -0.15) is 0 Å². The summed E-state index contributed by atoms with van der Waals surface area (Å²) in [6.45, 7) is 6.98. The summed E-state index contributed by atoms with van der Waals surface area (Å²) in [7, 11) is 0. The van der Waals surface area contributed by atoms with Crippen LogP contribution in [0.5, 0.6) is 0 Å². The van der Waals surface area contributed by atoms with E-state index in [1.165, 1.54) is 5.56 Å². The zero-order valence-electron chi connectivity index (χ0n) is 15.7. The Bertz CT molecular complexity index is 931. The van der Waals surface area contributed by atoms with Gasteiger partial charge in [0.05, 0.1) is 6.26 Å². The van der Waals surface area contributed by atoms with E-state index in [1.807, 2.05) is 46.7 Å². The minimum absolute atomic E-state index is 0.0997. The molecule has 3 aromatic rings. The summed E-state index contributed by atoms with van der Waals surface area (Å²) in [5.41, 5.74) is 2.73. The van der Waals surface area contributed by atoms with Crippen molar-refractivity contribution in [1.82, 2.24) is 14.4 Å². The maximum Gasteiger partial charge on any atom is 0.270 e. The second kappa shape index (κ2) is 7.84. The van der Waals surface area contributed by atoms with Crippen LogP contribution in [0.15, 0.2) is 59.2 Å². The lowest BCUT2D eigenvalue weighted by atomic mass is 10.2. The van der Waals surface area contributed by atoms with Crippen molar-refractivity contribution >= 4 is 23.1 Å². The van der Waals surface area contributed by atoms with Gasteiger partial charge >= 0.3 is 0 Å². The smallest absolute Gasteiger partial charge is 0.270 e. The number of furan rings is 1. The van der Waals surface area contributed by atoms with Gasteiger partial charge in [0.2, 0.25) is 5.71 Å². The zero-order valence-corrected chi connectivity index (χ0v) is 15.7. The molecule has 1 aromatic carbocycles. The Labute approximate surface area is 159 Å². The summed E-state index contributed by atoms with van der Waals surface area (Å²) in [4.78, 5) is 17.3. The molecule has 5 heteroatoms. The SMILES string of the molecule is CCn1c(C(=O)N2CCN(C/C=C/c3ccccc3)CC2)cc2ccoc21. The van der Waals surface area contributed by atoms with Gasteiger partial charge < -0.3 is 13.9 Å². The van der Waals surface area contributed by atoms with Gasteiger partial charge in [0.15, 0.2) is 0 Å². The molecule has 1 saturated heterocycles. The van der Waals surface area contributed by atoms with E-state index in [2.05, 4.69) is 29.2 Å². The minimum Gasteiger partial charge on any atom is -0.448 e. The topological polar surface area (TPSA) is 41.6 Å². The maximum atomic E-state index is 13.0. The van der Waals surface area contributed by atoms with Crippen molar-refractivity contribution in [3.63, 3.8) is 0 Å². The molecule has 0 spiro atoms. The third-order valence-corrected chi connectivity index (χ3v) is 5.17. The predicted octanol–water partition coefficient (Wildman–Crippen LogP) is 3.73. The van der Waals surface area contributed by atoms with Crippen LogP contribution in [-0.2, 0) is 6.54 Å². The van der Waals surface area contributed by atoms with Gasteiger partial charge in [0, 0.05) is 44.7 Å². The first-order valence-electron chi connectivity index (χ1n) is 9.56. The molecule has 0 unspecified atom stereocenters. The summed E-state index contributed by atoms with van der Waals surface area (Å²) < 4.78 is 7.50. The van der Waals surface area contributed by atoms with Crippen LogP contribution in [0.1, 0.15) is 23.0 Å². The fourth-order valence-corrected chi connectivity index (χ4v) is 3.66. The van der Waals surface area contributed by atoms with Crippen LogP contribution >= 0.6 is 0 Å². The van der Waals surface area contributed by atoms with Crippen LogP contribution < -0.4 is 0 Å². The van der Waals surface area contributed by atoms with Crippen LogP contribution in [0.4, 0.5) is 0 Å². The number of nitrogens with zero attached hydrogens (tertiary/aromatic N) is 3. The average Bonchev–Trinajstić information content (AvgIpc) is 3.30. The molecule has 0 radical (unpaired) electrons. The number of hydrogen-bond acceptors (Lipinski definition) is 3. The van der Waals surface area contributed by atoms with Crippen LogP contribution in [0.25, 0.3) is 17.2 Å². The summed E-state index contributed by atoms with van der Waals surface area (Å²) >= 11 is 0. The highest BCUT2D eigenvalue weighted by Crippen LogP contribution is 2.22. The lowest BCUT2D eigenvalue weighted by Crippen LogP contribution is -2.49. The Kier molecular flexibility index (Phi) is 5.12. The Morgan fingerprint density at radius 2 is 1.89 bits per heavy atom. The molecule has 1 amide bonds. The first-order valence-corrected chi connectivity index (χ1v) is 9.56. The van der Waals surface area contributed by atoms with Crippen molar-refractivity contribution in [2.75, 3.05) is 32.7 Å². The molecule has 0 atom stereocenters. The summed E-state index contributed by atoms with van der Waals surface area (Å²) in [5, 5.41) is 0.991. The van der Waals surface area contributed by atoms with E-state index < -0.39 is 0 Å². The number of aryl methyl sites for hydroxylation is 1. The lowest BCUT2D eigenvalue weighted by Gasteiger charge is -2.34. The predicted molar refractivity (Wildman–Crippen MR) is 108 cm³/mol. The normalized spacial score (nSPS) is 15.8. The average molecular weight is 363 g/mol. The number of aromatic nitrogens is 1. The van der Waals surface area contributed by atoms with Crippen molar-refractivity contribution in [1.29, 1.82) is 0 Å². The van der Waals surface area contributed by atoms with Crippen molar-refractivity contribution in [3.8, 4) is 0 Å². The summed E-state index contributed by atoms with van der Waals surface area (Å²) in [6, 6.07) is 14.2. The number of amides is 1. The molecule has 1 aliphatic rings. The Balaban J connectivity index is 1.35. The highest BCUT2D eigenvalue weighted by molar-refractivity contribution is 5.97. The number of rotatable bonds is 5. The van der Waals surface area contributed by atoms with Gasteiger partial charge in [-0.15, -0.1) is 0 Å². The van der Waals surface area contributed by atoms with Crippen molar-refractivity contribution in [2.24, 2.45) is 0 Å². The molecule has 0 N–H and O–H groups in total. The van der Waals surface area contributed by atoms with Crippen molar-refractivity contribution in [3.05, 3.63) is 66.1 Å². The first kappa shape index (κ1) is 17.6. The Morgan fingerprint density at radius 1 is 1.11 bits per heavy atom.